The van der Waals surface area contributed by atoms with Gasteiger partial charge in [-0.1, -0.05) is 49.9 Å². The smallest absolute Gasteiger partial charge is 0.147 e. The van der Waals surface area contributed by atoms with Crippen LogP contribution in [0.25, 0.3) is 0 Å². The maximum atomic E-state index is 6.09. The van der Waals surface area contributed by atoms with Crippen LogP contribution in [0.15, 0.2) is 6.07 Å². The summed E-state index contributed by atoms with van der Waals surface area (Å²) in [6.07, 6.45) is 2.29. The van der Waals surface area contributed by atoms with Crippen molar-refractivity contribution in [1.82, 2.24) is 4.98 Å². The zero-order chi connectivity index (χ0) is 12.8. The topological polar surface area (TPSA) is 37.0 Å². The van der Waals surface area contributed by atoms with E-state index in [9.17, 15) is 0 Å². The summed E-state index contributed by atoms with van der Waals surface area (Å²) < 4.78 is 0. The van der Waals surface area contributed by atoms with E-state index in [1.54, 1.807) is 13.1 Å². The van der Waals surface area contributed by atoms with Gasteiger partial charge in [-0.3, -0.25) is 0 Å². The van der Waals surface area contributed by atoms with E-state index in [1.807, 2.05) is 0 Å². The number of anilines is 2. The van der Waals surface area contributed by atoms with Crippen molar-refractivity contribution in [1.29, 1.82) is 0 Å². The second kappa shape index (κ2) is 6.92. The van der Waals surface area contributed by atoms with Gasteiger partial charge < -0.3 is 10.6 Å². The predicted molar refractivity (Wildman–Crippen MR) is 76.4 cm³/mol. The third-order valence-electron chi connectivity index (χ3n) is 2.88. The lowest BCUT2D eigenvalue weighted by Gasteiger charge is -2.15. The van der Waals surface area contributed by atoms with Crippen molar-refractivity contribution in [3.8, 4) is 0 Å². The molecule has 1 rings (SSSR count). The summed E-state index contributed by atoms with van der Waals surface area (Å²) in [7, 11) is 1.78. The fourth-order valence-corrected chi connectivity index (χ4v) is 2.10. The summed E-state index contributed by atoms with van der Waals surface area (Å²) in [5.74, 6) is 1.97. The minimum absolute atomic E-state index is 0.533. The van der Waals surface area contributed by atoms with E-state index in [1.165, 1.54) is 0 Å². The molecule has 2 N–H and O–H groups in total. The molecule has 0 atom stereocenters. The van der Waals surface area contributed by atoms with Crippen LogP contribution in [0.1, 0.15) is 26.7 Å². The van der Waals surface area contributed by atoms with Crippen molar-refractivity contribution in [2.75, 3.05) is 24.2 Å². The van der Waals surface area contributed by atoms with E-state index < -0.39 is 0 Å². The van der Waals surface area contributed by atoms with Gasteiger partial charge in [0.2, 0.25) is 0 Å². The summed E-state index contributed by atoms with van der Waals surface area (Å²) >= 11 is 12.1. The highest BCUT2D eigenvalue weighted by molar-refractivity contribution is 6.37. The maximum Gasteiger partial charge on any atom is 0.147 e. The van der Waals surface area contributed by atoms with Crippen LogP contribution in [0.5, 0.6) is 0 Å². The van der Waals surface area contributed by atoms with Crippen molar-refractivity contribution in [2.24, 2.45) is 5.92 Å². The third-order valence-corrected chi connectivity index (χ3v) is 3.46. The van der Waals surface area contributed by atoms with Gasteiger partial charge in [0.05, 0.1) is 10.0 Å². The summed E-state index contributed by atoms with van der Waals surface area (Å²) in [6, 6.07) is 1.71. The van der Waals surface area contributed by atoms with E-state index in [4.69, 9.17) is 23.2 Å². The van der Waals surface area contributed by atoms with E-state index in [-0.39, 0.29) is 0 Å². The van der Waals surface area contributed by atoms with Crippen LogP contribution in [0, 0.1) is 5.92 Å². The second-order valence-electron chi connectivity index (χ2n) is 3.96. The van der Waals surface area contributed by atoms with Crippen LogP contribution in [-0.2, 0) is 0 Å². The van der Waals surface area contributed by atoms with Crippen LogP contribution in [0.3, 0.4) is 0 Å². The molecule has 0 fully saturated rings. The first-order valence-electron chi connectivity index (χ1n) is 5.90. The largest absolute Gasteiger partial charge is 0.372 e. The van der Waals surface area contributed by atoms with Gasteiger partial charge in [-0.25, -0.2) is 4.98 Å². The summed E-state index contributed by atoms with van der Waals surface area (Å²) in [5, 5.41) is 7.30. The lowest BCUT2D eigenvalue weighted by Crippen LogP contribution is -2.14. The molecule has 0 spiro atoms. The molecule has 0 amide bonds. The van der Waals surface area contributed by atoms with Gasteiger partial charge in [0.1, 0.15) is 11.6 Å². The van der Waals surface area contributed by atoms with E-state index in [2.05, 4.69) is 29.5 Å². The lowest BCUT2D eigenvalue weighted by molar-refractivity contribution is 0.518. The van der Waals surface area contributed by atoms with Crippen molar-refractivity contribution in [3.05, 3.63) is 16.1 Å². The molecule has 1 aromatic heterocycles. The molecule has 96 valence electrons. The molecule has 17 heavy (non-hydrogen) atoms. The minimum atomic E-state index is 0.533. The molecular weight excluding hydrogens is 257 g/mol. The van der Waals surface area contributed by atoms with Crippen molar-refractivity contribution < 1.29 is 0 Å². The Kier molecular flexibility index (Phi) is 5.86. The summed E-state index contributed by atoms with van der Waals surface area (Å²) in [5.41, 5.74) is 0. The van der Waals surface area contributed by atoms with Crippen LogP contribution in [-0.4, -0.2) is 18.6 Å². The normalized spacial score (nSPS) is 10.7. The first-order valence-corrected chi connectivity index (χ1v) is 6.65. The first-order chi connectivity index (χ1) is 8.12. The van der Waals surface area contributed by atoms with Crippen molar-refractivity contribution >= 4 is 34.8 Å². The van der Waals surface area contributed by atoms with E-state index in [0.29, 0.717) is 27.6 Å². The lowest BCUT2D eigenvalue weighted by atomic mass is 10.0. The number of rotatable bonds is 6. The zero-order valence-corrected chi connectivity index (χ0v) is 12.0. The highest BCUT2D eigenvalue weighted by Gasteiger charge is 2.09. The number of pyridine rings is 1. The van der Waals surface area contributed by atoms with Crippen molar-refractivity contribution in [2.45, 2.75) is 26.7 Å². The third kappa shape index (κ3) is 3.93. The summed E-state index contributed by atoms with van der Waals surface area (Å²) in [4.78, 5) is 4.34. The number of nitrogens with one attached hydrogen (secondary N) is 2. The SMILES string of the molecule is CCC(CC)CNc1nc(NC)c(Cl)cc1Cl. The Morgan fingerprint density at radius 3 is 2.29 bits per heavy atom. The first kappa shape index (κ1) is 14.4. The number of halogens is 2. The van der Waals surface area contributed by atoms with Crippen LogP contribution in [0.2, 0.25) is 10.0 Å². The van der Waals surface area contributed by atoms with Crippen molar-refractivity contribution in [3.63, 3.8) is 0 Å². The Balaban J connectivity index is 2.76. The van der Waals surface area contributed by atoms with Crippen LogP contribution < -0.4 is 10.6 Å². The molecule has 0 aliphatic rings. The quantitative estimate of drug-likeness (QED) is 0.814. The maximum absolute atomic E-state index is 6.09. The molecule has 0 radical (unpaired) electrons. The highest BCUT2D eigenvalue weighted by atomic mass is 35.5. The average Bonchev–Trinajstić information content (AvgIpc) is 2.32. The Hall–Kier alpha value is -0.670. The Labute approximate surface area is 113 Å². The minimum Gasteiger partial charge on any atom is -0.372 e. The van der Waals surface area contributed by atoms with E-state index in [0.717, 1.165) is 19.4 Å². The number of aromatic nitrogens is 1. The van der Waals surface area contributed by atoms with Gasteiger partial charge in [0, 0.05) is 13.6 Å². The van der Waals surface area contributed by atoms with E-state index >= 15 is 0 Å². The molecule has 0 unspecified atom stereocenters. The molecule has 0 aliphatic heterocycles. The van der Waals surface area contributed by atoms with Gasteiger partial charge in [-0.15, -0.1) is 0 Å². The molecule has 0 bridgehead atoms. The molecule has 0 aliphatic carbocycles. The number of nitrogens with zero attached hydrogens (tertiary/aromatic N) is 1. The molecule has 5 heteroatoms. The zero-order valence-electron chi connectivity index (χ0n) is 10.5. The molecule has 3 nitrogen and oxygen atoms in total. The predicted octanol–water partition coefficient (Wildman–Crippen LogP) is 4.28. The summed E-state index contributed by atoms with van der Waals surface area (Å²) in [6.45, 7) is 5.25. The van der Waals surface area contributed by atoms with Gasteiger partial charge in [0.25, 0.3) is 0 Å². The van der Waals surface area contributed by atoms with Gasteiger partial charge >= 0.3 is 0 Å². The Bertz CT molecular complexity index is 365. The van der Waals surface area contributed by atoms with Crippen LogP contribution >= 0.6 is 23.2 Å². The van der Waals surface area contributed by atoms with Gasteiger partial charge in [-0.2, -0.15) is 0 Å². The molecule has 1 heterocycles. The molecule has 0 aromatic carbocycles. The number of hydrogen-bond donors (Lipinski definition) is 2. The molecule has 1 aromatic rings. The monoisotopic (exact) mass is 275 g/mol. The second-order valence-corrected chi connectivity index (χ2v) is 4.78. The molecule has 0 saturated carbocycles. The fourth-order valence-electron chi connectivity index (χ4n) is 1.58. The highest BCUT2D eigenvalue weighted by Crippen LogP contribution is 2.29. The van der Waals surface area contributed by atoms with Gasteiger partial charge in [0.15, 0.2) is 0 Å². The average molecular weight is 276 g/mol. The Morgan fingerprint density at radius 1 is 1.18 bits per heavy atom. The Morgan fingerprint density at radius 2 is 1.76 bits per heavy atom. The molecule has 0 saturated heterocycles. The standard InChI is InChI=1S/C12H19Cl2N3/c1-4-8(5-2)7-16-12-10(14)6-9(13)11(15-3)17-12/h6,8H,4-5,7H2,1-3H3,(H2,15,16,17). The fraction of sp³-hybridized carbons (Fsp3) is 0.583. The molecular formula is C12H19Cl2N3. The number of hydrogen-bond acceptors (Lipinski definition) is 3. The van der Waals surface area contributed by atoms with Gasteiger partial charge in [-0.05, 0) is 12.0 Å². The van der Waals surface area contributed by atoms with Crippen LogP contribution in [0.4, 0.5) is 11.6 Å².